The van der Waals surface area contributed by atoms with Gasteiger partial charge in [0.05, 0.1) is 17.9 Å². The maximum atomic E-state index is 12.5. The van der Waals surface area contributed by atoms with Gasteiger partial charge in [0.2, 0.25) is 6.10 Å². The smallest absolute Gasteiger partial charge is 0.347 e. The Bertz CT molecular complexity index is 464. The topological polar surface area (TPSA) is 78.9 Å². The zero-order valence-corrected chi connectivity index (χ0v) is 14.9. The lowest BCUT2D eigenvalue weighted by atomic mass is 9.79. The lowest BCUT2D eigenvalue weighted by molar-refractivity contribution is -0.171. The van der Waals surface area contributed by atoms with Gasteiger partial charge in [-0.1, -0.05) is 13.8 Å². The van der Waals surface area contributed by atoms with Crippen LogP contribution in [0.5, 0.6) is 0 Å². The standard InChI is InChI=1S/C17H28O6/c1-7-17(6,10-11(2)13(18)23-16(3,4)5)15(20)22-12-8-9-21-14(12)19/h11-12H,7-10H2,1-6H3. The molecular formula is C17H28O6. The van der Waals surface area contributed by atoms with Gasteiger partial charge in [0.25, 0.3) is 0 Å². The van der Waals surface area contributed by atoms with Crippen molar-refractivity contribution in [1.82, 2.24) is 0 Å². The summed E-state index contributed by atoms with van der Waals surface area (Å²) in [5.74, 6) is -1.76. The molecule has 132 valence electrons. The Balaban J connectivity index is 2.70. The van der Waals surface area contributed by atoms with Gasteiger partial charge in [-0.25, -0.2) is 4.79 Å². The zero-order chi connectivity index (χ0) is 17.8. The van der Waals surface area contributed by atoms with Crippen LogP contribution in [0.25, 0.3) is 0 Å². The fourth-order valence-corrected chi connectivity index (χ4v) is 2.39. The molecule has 1 heterocycles. The number of rotatable bonds is 6. The minimum absolute atomic E-state index is 0.272. The van der Waals surface area contributed by atoms with Crippen LogP contribution in [0.4, 0.5) is 0 Å². The summed E-state index contributed by atoms with van der Waals surface area (Å²) in [6.45, 7) is 11.0. The summed E-state index contributed by atoms with van der Waals surface area (Å²) in [7, 11) is 0. The van der Waals surface area contributed by atoms with Crippen molar-refractivity contribution in [2.75, 3.05) is 6.61 Å². The van der Waals surface area contributed by atoms with E-state index in [1.54, 1.807) is 34.6 Å². The molecule has 0 radical (unpaired) electrons. The van der Waals surface area contributed by atoms with Crippen LogP contribution in [0.2, 0.25) is 0 Å². The Morgan fingerprint density at radius 3 is 2.35 bits per heavy atom. The highest BCUT2D eigenvalue weighted by molar-refractivity contribution is 5.83. The second-order valence-corrected chi connectivity index (χ2v) is 7.40. The first-order valence-corrected chi connectivity index (χ1v) is 8.09. The molecule has 0 aromatic carbocycles. The molecule has 1 saturated heterocycles. The van der Waals surface area contributed by atoms with E-state index < -0.39 is 35.0 Å². The molecule has 0 aromatic rings. The average molecular weight is 328 g/mol. The molecule has 0 bridgehead atoms. The number of ether oxygens (including phenoxy) is 3. The quantitative estimate of drug-likeness (QED) is 0.551. The van der Waals surface area contributed by atoms with Crippen LogP contribution < -0.4 is 0 Å². The van der Waals surface area contributed by atoms with Gasteiger partial charge in [0.15, 0.2) is 0 Å². The van der Waals surface area contributed by atoms with Crippen molar-refractivity contribution in [3.8, 4) is 0 Å². The monoisotopic (exact) mass is 328 g/mol. The fraction of sp³-hybridized carbons (Fsp3) is 0.824. The number of carbonyl (C=O) groups is 3. The second-order valence-electron chi connectivity index (χ2n) is 7.40. The van der Waals surface area contributed by atoms with Crippen molar-refractivity contribution in [3.63, 3.8) is 0 Å². The van der Waals surface area contributed by atoms with Crippen molar-refractivity contribution >= 4 is 17.9 Å². The molecule has 0 saturated carbocycles. The van der Waals surface area contributed by atoms with E-state index in [0.717, 1.165) is 0 Å². The highest BCUT2D eigenvalue weighted by Crippen LogP contribution is 2.33. The normalized spacial score (nSPS) is 22.0. The third-order valence-corrected chi connectivity index (χ3v) is 3.98. The van der Waals surface area contributed by atoms with Crippen molar-refractivity contribution in [1.29, 1.82) is 0 Å². The van der Waals surface area contributed by atoms with Crippen molar-refractivity contribution in [3.05, 3.63) is 0 Å². The molecule has 23 heavy (non-hydrogen) atoms. The number of esters is 3. The summed E-state index contributed by atoms with van der Waals surface area (Å²) in [4.78, 5) is 36.0. The fourth-order valence-electron chi connectivity index (χ4n) is 2.39. The van der Waals surface area contributed by atoms with E-state index in [-0.39, 0.29) is 12.6 Å². The molecule has 1 aliphatic rings. The van der Waals surface area contributed by atoms with E-state index in [1.807, 2.05) is 6.92 Å². The Morgan fingerprint density at radius 2 is 1.91 bits per heavy atom. The summed E-state index contributed by atoms with van der Waals surface area (Å²) in [6.07, 6.45) is 0.358. The summed E-state index contributed by atoms with van der Waals surface area (Å²) < 4.78 is 15.4. The summed E-state index contributed by atoms with van der Waals surface area (Å²) >= 11 is 0. The molecule has 0 spiro atoms. The van der Waals surface area contributed by atoms with Gasteiger partial charge in [0, 0.05) is 6.42 Å². The molecule has 3 unspecified atom stereocenters. The number of hydrogen-bond acceptors (Lipinski definition) is 6. The predicted octanol–water partition coefficient (Wildman–Crippen LogP) is 2.63. The van der Waals surface area contributed by atoms with Crippen LogP contribution in [-0.2, 0) is 28.6 Å². The molecular weight excluding hydrogens is 300 g/mol. The zero-order valence-electron chi connectivity index (χ0n) is 14.9. The predicted molar refractivity (Wildman–Crippen MR) is 83.5 cm³/mol. The Morgan fingerprint density at radius 1 is 1.30 bits per heavy atom. The van der Waals surface area contributed by atoms with Crippen molar-refractivity contribution in [2.24, 2.45) is 11.3 Å². The number of carbonyl (C=O) groups excluding carboxylic acids is 3. The van der Waals surface area contributed by atoms with Crippen LogP contribution in [0.3, 0.4) is 0 Å². The van der Waals surface area contributed by atoms with Gasteiger partial charge in [-0.05, 0) is 40.5 Å². The minimum atomic E-state index is -0.848. The first kappa shape index (κ1) is 19.5. The van der Waals surface area contributed by atoms with Gasteiger partial charge >= 0.3 is 17.9 Å². The Labute approximate surface area is 137 Å². The van der Waals surface area contributed by atoms with E-state index in [9.17, 15) is 14.4 Å². The van der Waals surface area contributed by atoms with Crippen LogP contribution >= 0.6 is 0 Å². The van der Waals surface area contributed by atoms with E-state index >= 15 is 0 Å². The molecule has 1 rings (SSSR count). The molecule has 0 aliphatic carbocycles. The summed E-state index contributed by atoms with van der Waals surface area (Å²) in [5, 5.41) is 0. The second kappa shape index (κ2) is 7.32. The van der Waals surface area contributed by atoms with Crippen LogP contribution in [0.1, 0.15) is 60.8 Å². The third-order valence-electron chi connectivity index (χ3n) is 3.98. The third kappa shape index (κ3) is 5.52. The average Bonchev–Trinajstić information content (AvgIpc) is 2.82. The van der Waals surface area contributed by atoms with Crippen LogP contribution in [0.15, 0.2) is 0 Å². The molecule has 1 fully saturated rings. The first-order chi connectivity index (χ1) is 10.5. The molecule has 0 N–H and O–H groups in total. The molecule has 6 heteroatoms. The number of cyclic esters (lactones) is 1. The Hall–Kier alpha value is -1.59. The molecule has 0 amide bonds. The van der Waals surface area contributed by atoms with Crippen molar-refractivity contribution < 1.29 is 28.6 Å². The molecule has 1 aliphatic heterocycles. The SMILES string of the molecule is CCC(C)(CC(C)C(=O)OC(C)(C)C)C(=O)OC1CCOC1=O. The lowest BCUT2D eigenvalue weighted by Crippen LogP contribution is -2.37. The largest absolute Gasteiger partial charge is 0.463 e. The Kier molecular flexibility index (Phi) is 6.19. The van der Waals surface area contributed by atoms with Gasteiger partial charge in [-0.15, -0.1) is 0 Å². The highest BCUT2D eigenvalue weighted by Gasteiger charge is 2.40. The van der Waals surface area contributed by atoms with Gasteiger partial charge in [-0.3, -0.25) is 9.59 Å². The van der Waals surface area contributed by atoms with Gasteiger partial charge in [-0.2, -0.15) is 0 Å². The van der Waals surface area contributed by atoms with Crippen LogP contribution in [0, 0.1) is 11.3 Å². The summed E-state index contributed by atoms with van der Waals surface area (Å²) in [5.41, 5.74) is -1.42. The maximum Gasteiger partial charge on any atom is 0.347 e. The van der Waals surface area contributed by atoms with E-state index in [0.29, 0.717) is 19.3 Å². The highest BCUT2D eigenvalue weighted by atomic mass is 16.6. The van der Waals surface area contributed by atoms with E-state index in [1.165, 1.54) is 0 Å². The van der Waals surface area contributed by atoms with Gasteiger partial charge in [0.1, 0.15) is 5.60 Å². The molecule has 3 atom stereocenters. The minimum Gasteiger partial charge on any atom is -0.463 e. The first-order valence-electron chi connectivity index (χ1n) is 8.09. The lowest BCUT2D eigenvalue weighted by Gasteiger charge is -2.30. The summed E-state index contributed by atoms with van der Waals surface area (Å²) in [6, 6.07) is 0. The van der Waals surface area contributed by atoms with Gasteiger partial charge < -0.3 is 14.2 Å². The van der Waals surface area contributed by atoms with Crippen LogP contribution in [-0.4, -0.2) is 36.2 Å². The maximum absolute atomic E-state index is 12.5. The number of hydrogen-bond donors (Lipinski definition) is 0. The molecule has 0 aromatic heterocycles. The molecule has 6 nitrogen and oxygen atoms in total. The van der Waals surface area contributed by atoms with Crippen molar-refractivity contribution in [2.45, 2.75) is 72.5 Å². The van der Waals surface area contributed by atoms with E-state index in [4.69, 9.17) is 14.2 Å². The van der Waals surface area contributed by atoms with E-state index in [2.05, 4.69) is 0 Å².